The van der Waals surface area contributed by atoms with Crippen molar-refractivity contribution in [2.45, 2.75) is 6.10 Å². The van der Waals surface area contributed by atoms with Gasteiger partial charge in [0, 0.05) is 0 Å². The molecule has 1 heterocycles. The zero-order valence-electron chi connectivity index (χ0n) is 7.68. The van der Waals surface area contributed by atoms with Gasteiger partial charge in [0.05, 0.1) is 0 Å². The molecule has 1 aromatic carbocycles. The summed E-state index contributed by atoms with van der Waals surface area (Å²) in [5, 5.41) is 9.23. The number of ether oxygens (including phenoxy) is 1. The van der Waals surface area contributed by atoms with Crippen molar-refractivity contribution in [2.75, 3.05) is 7.05 Å². The molecule has 1 aliphatic rings. The van der Waals surface area contributed by atoms with E-state index in [-0.39, 0.29) is 11.7 Å². The van der Waals surface area contributed by atoms with Gasteiger partial charge in [0.15, 0.2) is 0 Å². The van der Waals surface area contributed by atoms with E-state index in [4.69, 9.17) is 4.74 Å². The number of nitrogens with zero attached hydrogens (tertiary/aromatic N) is 1. The van der Waals surface area contributed by atoms with Crippen molar-refractivity contribution >= 4 is 5.91 Å². The van der Waals surface area contributed by atoms with Crippen LogP contribution in [-0.2, 0) is 9.53 Å². The van der Waals surface area contributed by atoms with Crippen molar-refractivity contribution in [3.63, 3.8) is 0 Å². The molecule has 1 amide bonds. The minimum absolute atomic E-state index is 0.129. The molecule has 0 radical (unpaired) electrons. The van der Waals surface area contributed by atoms with Crippen molar-refractivity contribution in [3.05, 3.63) is 36.6 Å². The predicted molar refractivity (Wildman–Crippen MR) is 49.0 cm³/mol. The molecule has 0 aliphatic carbocycles. The largest absolute Gasteiger partial charge is 0.519 e. The summed E-state index contributed by atoms with van der Waals surface area (Å²) in [6, 6.07) is 6.50. The number of hydrogen-bond acceptors (Lipinski definition) is 3. The lowest BCUT2D eigenvalue weighted by Crippen LogP contribution is -2.19. The smallest absolute Gasteiger partial charge is 0.226 e. The Morgan fingerprint density at radius 1 is 1.57 bits per heavy atom. The highest BCUT2D eigenvalue weighted by molar-refractivity contribution is 5.84. The number of aromatic hydroxyl groups is 1. The zero-order chi connectivity index (χ0) is 10.1. The Bertz CT molecular complexity index is 364. The highest BCUT2D eigenvalue weighted by Gasteiger charge is 2.24. The fourth-order valence-corrected chi connectivity index (χ4v) is 1.36. The third-order valence-electron chi connectivity index (χ3n) is 2.10. The Morgan fingerprint density at radius 2 is 2.36 bits per heavy atom. The molecule has 0 spiro atoms. The lowest BCUT2D eigenvalue weighted by Gasteiger charge is -2.14. The Labute approximate surface area is 81.7 Å². The lowest BCUT2D eigenvalue weighted by molar-refractivity contribution is -0.129. The average Bonchev–Trinajstić information content (AvgIpc) is 2.48. The summed E-state index contributed by atoms with van der Waals surface area (Å²) >= 11 is 0. The van der Waals surface area contributed by atoms with Crippen LogP contribution in [0.2, 0.25) is 0 Å². The fraction of sp³-hybridized carbons (Fsp3) is 0.200. The normalized spacial score (nSPS) is 21.6. The van der Waals surface area contributed by atoms with Crippen LogP contribution in [0.5, 0.6) is 5.75 Å². The Morgan fingerprint density at radius 3 is 2.93 bits per heavy atom. The standard InChI is InChI=1S/C10H10NO3/c1-11-6-14-9(10(11)13)7-3-2-4-8(12)5-7/h2-6,9,12H,1H3/q-1. The van der Waals surface area contributed by atoms with Crippen LogP contribution in [0.15, 0.2) is 24.3 Å². The number of carbonyl (C=O) groups is 1. The molecule has 1 aliphatic heterocycles. The van der Waals surface area contributed by atoms with Crippen LogP contribution in [0.4, 0.5) is 0 Å². The summed E-state index contributed by atoms with van der Waals surface area (Å²) in [6.07, 6.45) is -0.618. The molecular formula is C10H10NO3-. The summed E-state index contributed by atoms with van der Waals surface area (Å²) in [4.78, 5) is 12.9. The molecule has 4 nitrogen and oxygen atoms in total. The molecule has 0 saturated carbocycles. The number of phenolic OH excluding ortho intramolecular Hbond substituents is 1. The molecule has 4 heteroatoms. The molecule has 1 aromatic rings. The minimum atomic E-state index is -0.618. The van der Waals surface area contributed by atoms with Crippen molar-refractivity contribution in [1.29, 1.82) is 0 Å². The van der Waals surface area contributed by atoms with E-state index in [2.05, 4.69) is 0 Å². The Kier molecular flexibility index (Phi) is 2.13. The molecule has 14 heavy (non-hydrogen) atoms. The average molecular weight is 192 g/mol. The second-order valence-corrected chi connectivity index (χ2v) is 3.17. The van der Waals surface area contributed by atoms with Crippen LogP contribution in [-0.4, -0.2) is 23.0 Å². The van der Waals surface area contributed by atoms with E-state index in [1.54, 1.807) is 25.2 Å². The number of benzene rings is 1. The van der Waals surface area contributed by atoms with Crippen LogP contribution in [0.25, 0.3) is 0 Å². The van der Waals surface area contributed by atoms with E-state index in [1.807, 2.05) is 0 Å². The first kappa shape index (κ1) is 9.02. The number of amides is 1. The van der Waals surface area contributed by atoms with Gasteiger partial charge in [0.1, 0.15) is 11.9 Å². The molecule has 1 unspecified atom stereocenters. The van der Waals surface area contributed by atoms with Gasteiger partial charge in [-0.25, -0.2) is 0 Å². The van der Waals surface area contributed by atoms with Crippen LogP contribution in [0.3, 0.4) is 0 Å². The van der Waals surface area contributed by atoms with E-state index in [0.29, 0.717) is 5.56 Å². The van der Waals surface area contributed by atoms with Gasteiger partial charge in [-0.05, 0) is 24.7 Å². The molecular weight excluding hydrogens is 182 g/mol. The quantitative estimate of drug-likeness (QED) is 0.676. The van der Waals surface area contributed by atoms with Gasteiger partial charge in [0.2, 0.25) is 5.91 Å². The number of carbonyl (C=O) groups excluding carboxylic acids is 1. The number of phenols is 1. The van der Waals surface area contributed by atoms with E-state index < -0.39 is 6.10 Å². The minimum Gasteiger partial charge on any atom is -0.519 e. The second kappa shape index (κ2) is 3.31. The van der Waals surface area contributed by atoms with Gasteiger partial charge < -0.3 is 14.7 Å². The number of rotatable bonds is 1. The number of likely N-dealkylation sites (N-methyl/N-ethyl adjacent to an activating group) is 1. The third-order valence-corrected chi connectivity index (χ3v) is 2.10. The van der Waals surface area contributed by atoms with E-state index in [0.717, 1.165) is 0 Å². The summed E-state index contributed by atoms with van der Waals surface area (Å²) in [5.74, 6) is 0.00375. The molecule has 1 atom stereocenters. The Hall–Kier alpha value is -1.55. The fourth-order valence-electron chi connectivity index (χ4n) is 1.36. The Balaban J connectivity index is 2.28. The predicted octanol–water partition coefficient (Wildman–Crippen LogP) is 1.04. The lowest BCUT2D eigenvalue weighted by atomic mass is 10.1. The summed E-state index contributed by atoms with van der Waals surface area (Å²) < 4.78 is 5.16. The van der Waals surface area contributed by atoms with E-state index >= 15 is 0 Å². The van der Waals surface area contributed by atoms with Gasteiger partial charge in [-0.15, -0.1) is 6.73 Å². The SMILES string of the molecule is CN1[CH-]OC(c2cccc(O)c2)C1=O. The van der Waals surface area contributed by atoms with Crippen molar-refractivity contribution in [2.24, 2.45) is 0 Å². The van der Waals surface area contributed by atoms with Crippen molar-refractivity contribution in [3.8, 4) is 5.75 Å². The first-order valence-corrected chi connectivity index (χ1v) is 4.23. The topological polar surface area (TPSA) is 49.8 Å². The highest BCUT2D eigenvalue weighted by atomic mass is 16.5. The highest BCUT2D eigenvalue weighted by Crippen LogP contribution is 2.28. The van der Waals surface area contributed by atoms with E-state index in [9.17, 15) is 9.90 Å². The molecule has 74 valence electrons. The van der Waals surface area contributed by atoms with Gasteiger partial charge in [-0.1, -0.05) is 12.1 Å². The van der Waals surface area contributed by atoms with Crippen LogP contribution in [0.1, 0.15) is 11.7 Å². The summed E-state index contributed by atoms with van der Waals surface area (Å²) in [7, 11) is 1.63. The second-order valence-electron chi connectivity index (χ2n) is 3.17. The first-order chi connectivity index (χ1) is 6.68. The van der Waals surface area contributed by atoms with Gasteiger partial charge in [-0.3, -0.25) is 4.79 Å². The van der Waals surface area contributed by atoms with Gasteiger partial charge in [0.25, 0.3) is 0 Å². The van der Waals surface area contributed by atoms with Crippen molar-refractivity contribution < 1.29 is 14.6 Å². The summed E-state index contributed by atoms with van der Waals surface area (Å²) in [5.41, 5.74) is 0.663. The van der Waals surface area contributed by atoms with Gasteiger partial charge >= 0.3 is 0 Å². The summed E-state index contributed by atoms with van der Waals surface area (Å²) in [6.45, 7) is 1.37. The number of hydrogen-bond donors (Lipinski definition) is 1. The first-order valence-electron chi connectivity index (χ1n) is 4.23. The molecule has 2 rings (SSSR count). The molecule has 0 bridgehead atoms. The van der Waals surface area contributed by atoms with Crippen molar-refractivity contribution in [1.82, 2.24) is 4.90 Å². The molecule has 1 fully saturated rings. The molecule has 1 saturated heterocycles. The third kappa shape index (κ3) is 1.44. The molecule has 1 N–H and O–H groups in total. The van der Waals surface area contributed by atoms with E-state index in [1.165, 1.54) is 17.7 Å². The van der Waals surface area contributed by atoms with Crippen LogP contribution in [0, 0.1) is 6.73 Å². The maximum Gasteiger partial charge on any atom is 0.226 e. The maximum atomic E-state index is 11.5. The monoisotopic (exact) mass is 192 g/mol. The maximum absolute atomic E-state index is 11.5. The van der Waals surface area contributed by atoms with Gasteiger partial charge in [-0.2, -0.15) is 0 Å². The molecule has 0 aromatic heterocycles. The van der Waals surface area contributed by atoms with Crippen LogP contribution >= 0.6 is 0 Å². The van der Waals surface area contributed by atoms with Crippen LogP contribution < -0.4 is 0 Å². The zero-order valence-corrected chi connectivity index (χ0v) is 7.68.